The van der Waals surface area contributed by atoms with E-state index in [-0.39, 0.29) is 25.6 Å². The molecule has 1 heterocycles. The Labute approximate surface area is 134 Å². The van der Waals surface area contributed by atoms with Crippen molar-refractivity contribution in [3.8, 4) is 5.69 Å². The molecule has 0 aliphatic heterocycles. The normalized spacial score (nSPS) is 10.5. The molecule has 0 radical (unpaired) electrons. The summed E-state index contributed by atoms with van der Waals surface area (Å²) in [5.74, 6) is -1.40. The summed E-state index contributed by atoms with van der Waals surface area (Å²) in [4.78, 5) is 24.6. The lowest BCUT2D eigenvalue weighted by atomic mass is 10.2. The first kappa shape index (κ1) is 16.7. The number of carbonyl (C=O) groups excluding carboxylic acids is 1. The van der Waals surface area contributed by atoms with Crippen LogP contribution in [0.2, 0.25) is 0 Å². The average Bonchev–Trinajstić information content (AvgIpc) is 2.97. The number of carboxylic acid groups (broad SMARTS) is 1. The molecule has 0 spiro atoms. The molecule has 1 N–H and O–H groups in total. The van der Waals surface area contributed by atoms with Crippen molar-refractivity contribution in [1.82, 2.24) is 14.7 Å². The molecule has 7 nitrogen and oxygen atoms in total. The Bertz CT molecular complexity index is 679. The fraction of sp³-hybridized carbons (Fsp3) is 0.312. The van der Waals surface area contributed by atoms with Crippen LogP contribution in [-0.2, 0) is 9.53 Å². The predicted molar refractivity (Wildman–Crippen MR) is 83.7 cm³/mol. The standard InChI is InChI=1S/C16H19N3O4/c1-12-7-8-19(17-12)14-5-3-13(4-6-14)16(22)18(9-10-23-2)11-15(20)21/h3-8H,9-11H2,1-2H3,(H,20,21). The van der Waals surface area contributed by atoms with Gasteiger partial charge in [-0.15, -0.1) is 0 Å². The van der Waals surface area contributed by atoms with Gasteiger partial charge in [0.15, 0.2) is 0 Å². The maximum absolute atomic E-state index is 12.4. The van der Waals surface area contributed by atoms with Crippen LogP contribution in [0.4, 0.5) is 0 Å². The van der Waals surface area contributed by atoms with Crippen LogP contribution in [0.25, 0.3) is 5.69 Å². The predicted octanol–water partition coefficient (Wildman–Crippen LogP) is 1.35. The molecular weight excluding hydrogens is 298 g/mol. The van der Waals surface area contributed by atoms with Gasteiger partial charge in [0.05, 0.1) is 18.0 Å². The molecule has 1 amide bonds. The number of rotatable bonds is 7. The SMILES string of the molecule is COCCN(CC(=O)O)C(=O)c1ccc(-n2ccc(C)n2)cc1. The van der Waals surface area contributed by atoms with Crippen molar-refractivity contribution in [2.75, 3.05) is 26.8 Å². The van der Waals surface area contributed by atoms with Gasteiger partial charge in [-0.3, -0.25) is 9.59 Å². The van der Waals surface area contributed by atoms with E-state index >= 15 is 0 Å². The molecule has 1 aromatic carbocycles. The number of aromatic nitrogens is 2. The second kappa shape index (κ2) is 7.55. The van der Waals surface area contributed by atoms with E-state index in [0.29, 0.717) is 5.56 Å². The van der Waals surface area contributed by atoms with Gasteiger partial charge in [-0.25, -0.2) is 4.68 Å². The van der Waals surface area contributed by atoms with Crippen molar-refractivity contribution in [3.05, 3.63) is 47.8 Å². The van der Waals surface area contributed by atoms with Crippen molar-refractivity contribution < 1.29 is 19.4 Å². The summed E-state index contributed by atoms with van der Waals surface area (Å²) in [6.07, 6.45) is 1.83. The van der Waals surface area contributed by atoms with Crippen LogP contribution >= 0.6 is 0 Å². The largest absolute Gasteiger partial charge is 0.480 e. The Hall–Kier alpha value is -2.67. The summed E-state index contributed by atoms with van der Waals surface area (Å²) in [5, 5.41) is 13.2. The number of aryl methyl sites for hydroxylation is 1. The van der Waals surface area contributed by atoms with Gasteiger partial charge in [-0.2, -0.15) is 5.10 Å². The third-order valence-electron chi connectivity index (χ3n) is 3.28. The number of amides is 1. The van der Waals surface area contributed by atoms with Crippen LogP contribution < -0.4 is 0 Å². The second-order valence-electron chi connectivity index (χ2n) is 5.06. The van der Waals surface area contributed by atoms with Crippen LogP contribution in [0.5, 0.6) is 0 Å². The minimum atomic E-state index is -1.06. The molecule has 0 aliphatic rings. The molecule has 0 saturated heterocycles. The molecule has 2 aromatic rings. The van der Waals surface area contributed by atoms with E-state index in [2.05, 4.69) is 5.10 Å². The van der Waals surface area contributed by atoms with Gasteiger partial charge in [-0.1, -0.05) is 0 Å². The van der Waals surface area contributed by atoms with Gasteiger partial charge >= 0.3 is 5.97 Å². The summed E-state index contributed by atoms with van der Waals surface area (Å²) in [6, 6.07) is 8.76. The number of carboxylic acids is 1. The van der Waals surface area contributed by atoms with Gasteiger partial charge < -0.3 is 14.7 Å². The zero-order valence-corrected chi connectivity index (χ0v) is 13.1. The van der Waals surface area contributed by atoms with E-state index in [1.807, 2.05) is 19.2 Å². The molecule has 0 bridgehead atoms. The van der Waals surface area contributed by atoms with E-state index in [0.717, 1.165) is 11.4 Å². The summed E-state index contributed by atoms with van der Waals surface area (Å²) in [6.45, 7) is 2.04. The number of methoxy groups -OCH3 is 1. The fourth-order valence-electron chi connectivity index (χ4n) is 2.12. The Morgan fingerprint density at radius 3 is 2.48 bits per heavy atom. The Morgan fingerprint density at radius 2 is 1.96 bits per heavy atom. The molecule has 0 fully saturated rings. The number of nitrogens with zero attached hydrogens (tertiary/aromatic N) is 3. The summed E-state index contributed by atoms with van der Waals surface area (Å²) in [7, 11) is 1.50. The molecular formula is C16H19N3O4. The lowest BCUT2D eigenvalue weighted by molar-refractivity contribution is -0.137. The smallest absolute Gasteiger partial charge is 0.323 e. The maximum atomic E-state index is 12.4. The first-order chi connectivity index (χ1) is 11.0. The minimum absolute atomic E-state index is 0.224. The highest BCUT2D eigenvalue weighted by molar-refractivity contribution is 5.96. The van der Waals surface area contributed by atoms with Gasteiger partial charge in [0.1, 0.15) is 6.54 Å². The van der Waals surface area contributed by atoms with Crippen LogP contribution in [0.3, 0.4) is 0 Å². The van der Waals surface area contributed by atoms with Gasteiger partial charge in [-0.05, 0) is 37.3 Å². The third-order valence-corrected chi connectivity index (χ3v) is 3.28. The van der Waals surface area contributed by atoms with Gasteiger partial charge in [0.2, 0.25) is 0 Å². The van der Waals surface area contributed by atoms with Crippen LogP contribution in [0.1, 0.15) is 16.1 Å². The molecule has 2 rings (SSSR count). The van der Waals surface area contributed by atoms with Crippen molar-refractivity contribution in [2.45, 2.75) is 6.92 Å². The summed E-state index contributed by atoms with van der Waals surface area (Å²) in [5.41, 5.74) is 2.16. The van der Waals surface area contributed by atoms with E-state index < -0.39 is 5.97 Å². The number of hydrogen-bond acceptors (Lipinski definition) is 4. The number of hydrogen-bond donors (Lipinski definition) is 1. The monoisotopic (exact) mass is 317 g/mol. The van der Waals surface area contributed by atoms with Crippen LogP contribution in [0.15, 0.2) is 36.5 Å². The lowest BCUT2D eigenvalue weighted by Gasteiger charge is -2.20. The molecule has 0 aliphatic carbocycles. The molecule has 7 heteroatoms. The first-order valence-corrected chi connectivity index (χ1v) is 7.14. The highest BCUT2D eigenvalue weighted by atomic mass is 16.5. The van der Waals surface area contributed by atoms with Gasteiger partial charge in [0, 0.05) is 25.4 Å². The number of benzene rings is 1. The molecule has 0 saturated carbocycles. The average molecular weight is 317 g/mol. The fourth-order valence-corrected chi connectivity index (χ4v) is 2.12. The van der Waals surface area contributed by atoms with Crippen LogP contribution in [0, 0.1) is 6.92 Å². The number of aliphatic carboxylic acids is 1. The Balaban J connectivity index is 2.15. The van der Waals surface area contributed by atoms with Crippen molar-refractivity contribution >= 4 is 11.9 Å². The Kier molecular flexibility index (Phi) is 5.48. The minimum Gasteiger partial charge on any atom is -0.480 e. The van der Waals surface area contributed by atoms with E-state index in [9.17, 15) is 9.59 Å². The molecule has 0 atom stereocenters. The topological polar surface area (TPSA) is 84.7 Å². The van der Waals surface area contributed by atoms with E-state index in [1.54, 1.807) is 28.9 Å². The second-order valence-corrected chi connectivity index (χ2v) is 5.06. The van der Waals surface area contributed by atoms with E-state index in [1.165, 1.54) is 12.0 Å². The number of carbonyl (C=O) groups is 2. The van der Waals surface area contributed by atoms with Crippen molar-refractivity contribution in [2.24, 2.45) is 0 Å². The molecule has 1 aromatic heterocycles. The molecule has 122 valence electrons. The van der Waals surface area contributed by atoms with Gasteiger partial charge in [0.25, 0.3) is 5.91 Å². The highest BCUT2D eigenvalue weighted by Gasteiger charge is 2.18. The van der Waals surface area contributed by atoms with Crippen LogP contribution in [-0.4, -0.2) is 58.5 Å². The highest BCUT2D eigenvalue weighted by Crippen LogP contribution is 2.11. The molecule has 23 heavy (non-hydrogen) atoms. The third kappa shape index (κ3) is 4.40. The Morgan fingerprint density at radius 1 is 1.26 bits per heavy atom. The number of ether oxygens (including phenoxy) is 1. The first-order valence-electron chi connectivity index (χ1n) is 7.14. The zero-order valence-electron chi connectivity index (χ0n) is 13.1. The van der Waals surface area contributed by atoms with E-state index in [4.69, 9.17) is 9.84 Å². The quantitative estimate of drug-likeness (QED) is 0.833. The maximum Gasteiger partial charge on any atom is 0.323 e. The zero-order chi connectivity index (χ0) is 16.8. The van der Waals surface area contributed by atoms with Crippen molar-refractivity contribution in [1.29, 1.82) is 0 Å². The summed E-state index contributed by atoms with van der Waals surface area (Å²) >= 11 is 0. The lowest BCUT2D eigenvalue weighted by Crippen LogP contribution is -2.38. The molecule has 0 unspecified atom stereocenters. The van der Waals surface area contributed by atoms with Crippen molar-refractivity contribution in [3.63, 3.8) is 0 Å². The summed E-state index contributed by atoms with van der Waals surface area (Å²) < 4.78 is 6.63.